The zero-order valence-electron chi connectivity index (χ0n) is 5.68. The maximum Gasteiger partial charge on any atom is 0.158 e. The number of aromatic nitrogens is 2. The Hall–Kier alpha value is -1.49. The number of anilines is 1. The SMILES string of the molecule is OC1=CN(O)c2cncn2C1. The lowest BCUT2D eigenvalue weighted by Gasteiger charge is -2.19. The van der Waals surface area contributed by atoms with E-state index < -0.39 is 0 Å². The van der Waals surface area contributed by atoms with Crippen molar-refractivity contribution >= 4 is 5.82 Å². The molecule has 58 valence electrons. The Morgan fingerprint density at radius 1 is 1.55 bits per heavy atom. The Balaban J connectivity index is 2.45. The van der Waals surface area contributed by atoms with Crippen molar-refractivity contribution in [3.8, 4) is 0 Å². The van der Waals surface area contributed by atoms with E-state index in [0.29, 0.717) is 12.4 Å². The van der Waals surface area contributed by atoms with E-state index in [9.17, 15) is 0 Å². The zero-order valence-corrected chi connectivity index (χ0v) is 5.68. The summed E-state index contributed by atoms with van der Waals surface area (Å²) in [5.41, 5.74) is 0. The van der Waals surface area contributed by atoms with Crippen molar-refractivity contribution in [2.45, 2.75) is 6.54 Å². The van der Waals surface area contributed by atoms with Gasteiger partial charge in [-0.15, -0.1) is 0 Å². The normalized spacial score (nSPS) is 16.1. The van der Waals surface area contributed by atoms with Crippen LogP contribution in [0.15, 0.2) is 24.5 Å². The summed E-state index contributed by atoms with van der Waals surface area (Å²) in [6.45, 7) is 0.367. The number of hydroxylamine groups is 1. The second-order valence-electron chi connectivity index (χ2n) is 2.34. The van der Waals surface area contributed by atoms with E-state index in [1.54, 1.807) is 10.9 Å². The first-order chi connectivity index (χ1) is 5.27. The minimum Gasteiger partial charge on any atom is -0.509 e. The third kappa shape index (κ3) is 0.857. The number of aliphatic hydroxyl groups excluding tert-OH is 1. The van der Waals surface area contributed by atoms with Crippen molar-refractivity contribution in [3.05, 3.63) is 24.5 Å². The fourth-order valence-electron chi connectivity index (χ4n) is 1.05. The molecule has 0 aromatic carbocycles. The number of nitrogens with zero attached hydrogens (tertiary/aromatic N) is 3. The van der Waals surface area contributed by atoms with Crippen LogP contribution in [0.4, 0.5) is 5.82 Å². The summed E-state index contributed by atoms with van der Waals surface area (Å²) in [5.74, 6) is 0.667. The molecule has 0 unspecified atom stereocenters. The van der Waals surface area contributed by atoms with E-state index in [2.05, 4.69) is 4.98 Å². The van der Waals surface area contributed by atoms with Crippen LogP contribution in [-0.2, 0) is 6.54 Å². The van der Waals surface area contributed by atoms with Crippen LogP contribution in [0.2, 0.25) is 0 Å². The summed E-state index contributed by atoms with van der Waals surface area (Å²) in [4.78, 5) is 3.81. The number of rotatable bonds is 0. The quantitative estimate of drug-likeness (QED) is 0.569. The average molecular weight is 153 g/mol. The molecule has 5 nitrogen and oxygen atoms in total. The number of hydrogen-bond acceptors (Lipinski definition) is 4. The van der Waals surface area contributed by atoms with Gasteiger partial charge in [-0.3, -0.25) is 5.21 Å². The lowest BCUT2D eigenvalue weighted by atomic mass is 10.4. The van der Waals surface area contributed by atoms with E-state index >= 15 is 0 Å². The highest BCUT2D eigenvalue weighted by atomic mass is 16.5. The van der Waals surface area contributed by atoms with Crippen molar-refractivity contribution in [3.63, 3.8) is 0 Å². The van der Waals surface area contributed by atoms with E-state index in [0.717, 1.165) is 5.06 Å². The smallest absolute Gasteiger partial charge is 0.158 e. The summed E-state index contributed by atoms with van der Waals surface area (Å²) in [7, 11) is 0. The van der Waals surface area contributed by atoms with Gasteiger partial charge in [0, 0.05) is 0 Å². The van der Waals surface area contributed by atoms with Gasteiger partial charge in [0.05, 0.1) is 25.3 Å². The standard InChI is InChI=1S/C6H7N3O2/c10-5-2-8-4-7-1-6(8)9(11)3-5/h1,3-4,10-11H,2H2. The molecular weight excluding hydrogens is 146 g/mol. The average Bonchev–Trinajstić information content (AvgIpc) is 2.34. The Morgan fingerprint density at radius 2 is 2.36 bits per heavy atom. The highest BCUT2D eigenvalue weighted by molar-refractivity contribution is 5.40. The van der Waals surface area contributed by atoms with Gasteiger partial charge in [-0.05, 0) is 0 Å². The molecule has 2 N–H and O–H groups in total. The van der Waals surface area contributed by atoms with Gasteiger partial charge < -0.3 is 9.67 Å². The minimum atomic E-state index is 0.109. The summed E-state index contributed by atoms with van der Waals surface area (Å²) < 4.78 is 1.63. The van der Waals surface area contributed by atoms with Gasteiger partial charge in [-0.2, -0.15) is 0 Å². The highest BCUT2D eigenvalue weighted by Crippen LogP contribution is 2.18. The van der Waals surface area contributed by atoms with Gasteiger partial charge in [-0.1, -0.05) is 0 Å². The van der Waals surface area contributed by atoms with E-state index in [1.807, 2.05) is 0 Å². The fraction of sp³-hybridized carbons (Fsp3) is 0.167. The van der Waals surface area contributed by atoms with Crippen molar-refractivity contribution in [1.29, 1.82) is 0 Å². The predicted molar refractivity (Wildman–Crippen MR) is 37.2 cm³/mol. The monoisotopic (exact) mass is 153 g/mol. The predicted octanol–water partition coefficient (Wildman–Crippen LogP) is 0.492. The molecule has 11 heavy (non-hydrogen) atoms. The van der Waals surface area contributed by atoms with Gasteiger partial charge >= 0.3 is 0 Å². The first kappa shape index (κ1) is 6.23. The van der Waals surface area contributed by atoms with Crippen LogP contribution in [0.25, 0.3) is 0 Å². The van der Waals surface area contributed by atoms with Crippen molar-refractivity contribution in [2.75, 3.05) is 5.06 Å². The van der Waals surface area contributed by atoms with Gasteiger partial charge in [0.15, 0.2) is 5.82 Å². The number of fused-ring (bicyclic) bond motifs is 1. The van der Waals surface area contributed by atoms with Gasteiger partial charge in [0.2, 0.25) is 0 Å². The summed E-state index contributed by atoms with van der Waals surface area (Å²) in [6, 6.07) is 0. The van der Waals surface area contributed by atoms with E-state index in [-0.39, 0.29) is 5.76 Å². The highest BCUT2D eigenvalue weighted by Gasteiger charge is 2.14. The van der Waals surface area contributed by atoms with Crippen LogP contribution in [0.1, 0.15) is 0 Å². The lowest BCUT2D eigenvalue weighted by Crippen LogP contribution is -2.20. The Bertz CT molecular complexity index is 305. The van der Waals surface area contributed by atoms with Crippen LogP contribution in [0.5, 0.6) is 0 Å². The molecule has 1 aromatic rings. The van der Waals surface area contributed by atoms with Crippen LogP contribution in [0.3, 0.4) is 0 Å². The Morgan fingerprint density at radius 3 is 3.18 bits per heavy atom. The molecule has 0 saturated carbocycles. The molecule has 2 heterocycles. The van der Waals surface area contributed by atoms with Gasteiger partial charge in [-0.25, -0.2) is 10.0 Å². The second kappa shape index (κ2) is 2.00. The number of imidazole rings is 1. The molecule has 0 amide bonds. The summed E-state index contributed by atoms with van der Waals surface area (Å²) in [6.07, 6.45) is 4.31. The molecule has 0 atom stereocenters. The molecule has 5 heteroatoms. The number of hydrogen-bond donors (Lipinski definition) is 2. The van der Waals surface area contributed by atoms with Crippen LogP contribution in [-0.4, -0.2) is 19.9 Å². The Labute approximate surface area is 62.8 Å². The van der Waals surface area contributed by atoms with E-state index in [1.165, 1.54) is 12.4 Å². The first-order valence-electron chi connectivity index (χ1n) is 3.15. The summed E-state index contributed by atoms with van der Waals surface area (Å²) in [5, 5.41) is 19.1. The molecule has 1 aromatic heterocycles. The summed E-state index contributed by atoms with van der Waals surface area (Å²) >= 11 is 0. The third-order valence-corrected chi connectivity index (χ3v) is 1.53. The van der Waals surface area contributed by atoms with Gasteiger partial charge in [0.25, 0.3) is 0 Å². The zero-order chi connectivity index (χ0) is 7.84. The topological polar surface area (TPSA) is 61.5 Å². The van der Waals surface area contributed by atoms with E-state index in [4.69, 9.17) is 10.3 Å². The molecule has 1 aliphatic heterocycles. The largest absolute Gasteiger partial charge is 0.509 e. The third-order valence-electron chi connectivity index (χ3n) is 1.53. The van der Waals surface area contributed by atoms with Crippen LogP contribution >= 0.6 is 0 Å². The fourth-order valence-corrected chi connectivity index (χ4v) is 1.05. The lowest BCUT2D eigenvalue weighted by molar-refractivity contribution is 0.263. The van der Waals surface area contributed by atoms with Crippen molar-refractivity contribution in [1.82, 2.24) is 9.55 Å². The van der Waals surface area contributed by atoms with Crippen LogP contribution < -0.4 is 5.06 Å². The van der Waals surface area contributed by atoms with Crippen molar-refractivity contribution < 1.29 is 10.3 Å². The molecule has 2 rings (SSSR count). The molecule has 0 fully saturated rings. The first-order valence-corrected chi connectivity index (χ1v) is 3.15. The minimum absolute atomic E-state index is 0.109. The van der Waals surface area contributed by atoms with Gasteiger partial charge in [0.1, 0.15) is 5.76 Å². The molecule has 0 saturated heterocycles. The number of allylic oxidation sites excluding steroid dienone is 1. The molecular formula is C6H7N3O2. The maximum atomic E-state index is 9.16. The maximum absolute atomic E-state index is 9.16. The molecule has 0 radical (unpaired) electrons. The number of aliphatic hydroxyl groups is 1. The van der Waals surface area contributed by atoms with Crippen LogP contribution in [0, 0.1) is 0 Å². The second-order valence-corrected chi connectivity index (χ2v) is 2.34. The molecule has 0 spiro atoms. The molecule has 0 aliphatic carbocycles. The molecule has 1 aliphatic rings. The van der Waals surface area contributed by atoms with Crippen molar-refractivity contribution in [2.24, 2.45) is 0 Å². The molecule has 0 bridgehead atoms. The Kier molecular flexibility index (Phi) is 1.13.